The molecule has 2 aliphatic heterocycles. The zero-order valence-electron chi connectivity index (χ0n) is 14.7. The van der Waals surface area contributed by atoms with Crippen molar-refractivity contribution in [2.24, 2.45) is 16.6 Å². The van der Waals surface area contributed by atoms with E-state index in [0.29, 0.717) is 34.2 Å². The van der Waals surface area contributed by atoms with Crippen LogP contribution in [0.4, 0.5) is 8.78 Å². The Morgan fingerprint density at radius 2 is 2.25 bits per heavy atom. The number of amidine groups is 1. The number of fused-ring (bicyclic) bond motifs is 1. The lowest BCUT2D eigenvalue weighted by molar-refractivity contribution is 0.176. The molecule has 1 unspecified atom stereocenters. The highest BCUT2D eigenvalue weighted by Crippen LogP contribution is 2.45. The number of thioether (sulfide) groups is 1. The summed E-state index contributed by atoms with van der Waals surface area (Å²) >= 11 is 1.43. The second-order valence-corrected chi connectivity index (χ2v) is 7.71. The van der Waals surface area contributed by atoms with Gasteiger partial charge < -0.3 is 10.5 Å². The lowest BCUT2D eigenvalue weighted by atomic mass is 9.81. The van der Waals surface area contributed by atoms with Gasteiger partial charge in [0.15, 0.2) is 5.17 Å². The summed E-state index contributed by atoms with van der Waals surface area (Å²) in [6.45, 7) is 0.718. The highest BCUT2D eigenvalue weighted by molar-refractivity contribution is 8.13. The minimum atomic E-state index is -0.883. The Hall–Kier alpha value is -2.76. The SMILES string of the molecule is N#Cc1ccc(/C(F)=C/c2ccc(F)c([C@@]34COCC3CSC(N)=N4)c2)nc1. The summed E-state index contributed by atoms with van der Waals surface area (Å²) in [5, 5.41) is 9.21. The molecule has 2 atom stereocenters. The Kier molecular flexibility index (Phi) is 4.87. The van der Waals surface area contributed by atoms with Gasteiger partial charge in [0.1, 0.15) is 23.3 Å². The zero-order chi connectivity index (χ0) is 19.7. The van der Waals surface area contributed by atoms with Crippen LogP contribution < -0.4 is 5.73 Å². The maximum absolute atomic E-state index is 14.7. The lowest BCUT2D eigenvalue weighted by Crippen LogP contribution is -2.40. The Balaban J connectivity index is 1.73. The van der Waals surface area contributed by atoms with E-state index < -0.39 is 17.2 Å². The van der Waals surface area contributed by atoms with Crippen LogP contribution in [0.3, 0.4) is 0 Å². The van der Waals surface area contributed by atoms with Crippen LogP contribution in [-0.2, 0) is 10.3 Å². The molecule has 142 valence electrons. The number of nitriles is 1. The van der Waals surface area contributed by atoms with Gasteiger partial charge in [-0.25, -0.2) is 13.8 Å². The molecule has 0 radical (unpaired) electrons. The van der Waals surface area contributed by atoms with Crippen molar-refractivity contribution in [1.29, 1.82) is 5.26 Å². The van der Waals surface area contributed by atoms with Gasteiger partial charge in [-0.3, -0.25) is 4.98 Å². The molecule has 3 heterocycles. The van der Waals surface area contributed by atoms with E-state index in [1.54, 1.807) is 6.07 Å². The summed E-state index contributed by atoms with van der Waals surface area (Å²) in [5.74, 6) is -0.309. The van der Waals surface area contributed by atoms with Crippen molar-refractivity contribution in [3.05, 3.63) is 64.7 Å². The second kappa shape index (κ2) is 7.34. The molecule has 0 saturated carbocycles. The predicted molar refractivity (Wildman–Crippen MR) is 104 cm³/mol. The molecule has 5 nitrogen and oxygen atoms in total. The maximum Gasteiger partial charge on any atom is 0.154 e. The normalized spacial score (nSPS) is 24.4. The number of aliphatic imine (C=N–C) groups is 1. The summed E-state index contributed by atoms with van der Waals surface area (Å²) in [5.41, 5.74) is 6.31. The average molecular weight is 398 g/mol. The van der Waals surface area contributed by atoms with Gasteiger partial charge in [0.05, 0.1) is 24.5 Å². The van der Waals surface area contributed by atoms with Gasteiger partial charge in [0.25, 0.3) is 0 Å². The predicted octanol–water partition coefficient (Wildman–Crippen LogP) is 3.46. The van der Waals surface area contributed by atoms with Gasteiger partial charge in [-0.15, -0.1) is 0 Å². The van der Waals surface area contributed by atoms with E-state index in [0.717, 1.165) is 0 Å². The van der Waals surface area contributed by atoms with Crippen molar-refractivity contribution in [3.63, 3.8) is 0 Å². The summed E-state index contributed by atoms with van der Waals surface area (Å²) in [6.07, 6.45) is 2.58. The van der Waals surface area contributed by atoms with E-state index in [1.165, 1.54) is 48.3 Å². The first kappa shape index (κ1) is 18.6. The Labute approximate surface area is 164 Å². The van der Waals surface area contributed by atoms with Crippen LogP contribution in [0.1, 0.15) is 22.4 Å². The van der Waals surface area contributed by atoms with Crippen LogP contribution >= 0.6 is 11.8 Å². The van der Waals surface area contributed by atoms with E-state index in [4.69, 9.17) is 15.7 Å². The highest BCUT2D eigenvalue weighted by atomic mass is 32.2. The lowest BCUT2D eigenvalue weighted by Gasteiger charge is -2.34. The van der Waals surface area contributed by atoms with Crippen molar-refractivity contribution >= 4 is 28.8 Å². The van der Waals surface area contributed by atoms with Crippen LogP contribution in [0.5, 0.6) is 0 Å². The van der Waals surface area contributed by atoms with Crippen LogP contribution in [0.25, 0.3) is 11.9 Å². The van der Waals surface area contributed by atoms with Crippen LogP contribution in [0, 0.1) is 23.1 Å². The molecule has 4 rings (SSSR count). The number of nitrogens with two attached hydrogens (primary N) is 1. The van der Waals surface area contributed by atoms with E-state index >= 15 is 0 Å². The largest absolute Gasteiger partial charge is 0.379 e. The number of ether oxygens (including phenoxy) is 1. The number of nitrogens with zero attached hydrogens (tertiary/aromatic N) is 3. The molecule has 1 saturated heterocycles. The summed E-state index contributed by atoms with van der Waals surface area (Å²) in [6, 6.07) is 9.24. The number of hydrogen-bond acceptors (Lipinski definition) is 6. The molecule has 0 aliphatic carbocycles. The minimum Gasteiger partial charge on any atom is -0.379 e. The third-order valence-electron chi connectivity index (χ3n) is 4.95. The van der Waals surface area contributed by atoms with Gasteiger partial charge in [-0.2, -0.15) is 5.26 Å². The van der Waals surface area contributed by atoms with Gasteiger partial charge in [0, 0.05) is 23.4 Å². The molecule has 1 fully saturated rings. The molecule has 2 aromatic rings. The fourth-order valence-corrected chi connectivity index (χ4v) is 4.45. The molecule has 2 aliphatic rings. The first-order chi connectivity index (χ1) is 13.5. The monoisotopic (exact) mass is 398 g/mol. The summed E-state index contributed by atoms with van der Waals surface area (Å²) in [4.78, 5) is 8.48. The van der Waals surface area contributed by atoms with Crippen molar-refractivity contribution in [3.8, 4) is 6.07 Å². The number of hydrogen-bond donors (Lipinski definition) is 1. The number of pyridine rings is 1. The molecule has 8 heteroatoms. The third-order valence-corrected chi connectivity index (χ3v) is 5.90. The van der Waals surface area contributed by atoms with Crippen molar-refractivity contribution in [2.75, 3.05) is 19.0 Å². The number of benzene rings is 1. The second-order valence-electron chi connectivity index (χ2n) is 6.67. The Morgan fingerprint density at radius 3 is 3.00 bits per heavy atom. The van der Waals surface area contributed by atoms with E-state index in [1.807, 2.05) is 6.07 Å². The first-order valence-corrected chi connectivity index (χ1v) is 9.60. The molecular weight excluding hydrogens is 382 g/mol. The van der Waals surface area contributed by atoms with Crippen molar-refractivity contribution < 1.29 is 13.5 Å². The maximum atomic E-state index is 14.7. The molecular formula is C20H16F2N4OS. The van der Waals surface area contributed by atoms with Crippen molar-refractivity contribution in [1.82, 2.24) is 4.98 Å². The summed E-state index contributed by atoms with van der Waals surface area (Å²) in [7, 11) is 0. The van der Waals surface area contributed by atoms with Gasteiger partial charge in [0.2, 0.25) is 0 Å². The van der Waals surface area contributed by atoms with Gasteiger partial charge in [-0.05, 0) is 35.9 Å². The molecule has 0 spiro atoms. The van der Waals surface area contributed by atoms with Gasteiger partial charge in [-0.1, -0.05) is 17.8 Å². The Morgan fingerprint density at radius 1 is 1.39 bits per heavy atom. The number of aromatic nitrogens is 1. The first-order valence-electron chi connectivity index (χ1n) is 8.61. The van der Waals surface area contributed by atoms with Crippen LogP contribution in [0.2, 0.25) is 0 Å². The Bertz CT molecular complexity index is 1020. The van der Waals surface area contributed by atoms with Gasteiger partial charge >= 0.3 is 0 Å². The molecule has 2 N–H and O–H groups in total. The molecule has 0 amide bonds. The fraction of sp³-hybridized carbons (Fsp3) is 0.250. The molecule has 1 aromatic carbocycles. The van der Waals surface area contributed by atoms with Crippen molar-refractivity contribution in [2.45, 2.75) is 5.54 Å². The smallest absolute Gasteiger partial charge is 0.154 e. The van der Waals surface area contributed by atoms with E-state index in [9.17, 15) is 8.78 Å². The topological polar surface area (TPSA) is 84.3 Å². The minimum absolute atomic E-state index is 0.00330. The number of rotatable bonds is 3. The van der Waals surface area contributed by atoms with Crippen LogP contribution in [0.15, 0.2) is 41.5 Å². The fourth-order valence-electron chi connectivity index (χ4n) is 3.48. The van der Waals surface area contributed by atoms with Crippen LogP contribution in [-0.4, -0.2) is 29.1 Å². The highest BCUT2D eigenvalue weighted by Gasteiger charge is 2.49. The molecule has 0 bridgehead atoms. The molecule has 28 heavy (non-hydrogen) atoms. The third kappa shape index (κ3) is 3.28. The van der Waals surface area contributed by atoms with E-state index in [2.05, 4.69) is 9.98 Å². The quantitative estimate of drug-likeness (QED) is 0.856. The standard InChI is InChI=1S/C20H16F2N4OS/c21-16-3-1-12(6-17(22)18-4-2-13(7-23)8-25-18)5-15(16)20-11-27-9-14(20)10-28-19(24)26-20/h1-6,8,14H,9-11H2,(H2,24,26)/b17-6-/t14?,20-/m1/s1. The zero-order valence-corrected chi connectivity index (χ0v) is 15.5. The van der Waals surface area contributed by atoms with E-state index in [-0.39, 0.29) is 18.2 Å². The average Bonchev–Trinajstić information content (AvgIpc) is 3.13. The number of halogens is 2. The summed E-state index contributed by atoms with van der Waals surface area (Å²) < 4.78 is 34.9. The molecule has 1 aromatic heterocycles.